The van der Waals surface area contributed by atoms with Crippen LogP contribution in [0, 0.1) is 0 Å². The predicted molar refractivity (Wildman–Crippen MR) is 107 cm³/mol. The Morgan fingerprint density at radius 3 is 2.63 bits per heavy atom. The Hall–Kier alpha value is -3.88. The second-order valence-corrected chi connectivity index (χ2v) is 6.48. The van der Waals surface area contributed by atoms with Crippen molar-refractivity contribution in [3.8, 4) is 11.3 Å². The maximum Gasteiger partial charge on any atom is 0.416 e. The highest BCUT2D eigenvalue weighted by Gasteiger charge is 2.30. The highest BCUT2D eigenvalue weighted by Crippen LogP contribution is 2.32. The largest absolute Gasteiger partial charge is 0.416 e. The molecule has 6 nitrogen and oxygen atoms in total. The third-order valence-corrected chi connectivity index (χ3v) is 4.53. The number of hydrogen-bond donors (Lipinski definition) is 2. The summed E-state index contributed by atoms with van der Waals surface area (Å²) in [7, 11) is 1.56. The summed E-state index contributed by atoms with van der Waals surface area (Å²) < 4.78 is 40.7. The molecule has 2 N–H and O–H groups in total. The van der Waals surface area contributed by atoms with Crippen molar-refractivity contribution >= 4 is 23.1 Å². The number of alkyl halides is 3. The molecular formula is C21H16F3N5O. The molecule has 0 spiro atoms. The van der Waals surface area contributed by atoms with E-state index in [1.165, 1.54) is 18.3 Å². The monoisotopic (exact) mass is 411 g/mol. The minimum absolute atomic E-state index is 0.209. The lowest BCUT2D eigenvalue weighted by Gasteiger charge is -2.11. The number of benzene rings is 2. The zero-order valence-electron chi connectivity index (χ0n) is 15.7. The SMILES string of the molecule is CNC(=O)c1cccc(-c2cnc3c(Nc4cccc(C(F)(F)F)c4)nccn23)c1. The summed E-state index contributed by atoms with van der Waals surface area (Å²) in [6.07, 6.45) is 0.406. The molecule has 4 rings (SSSR count). The Balaban J connectivity index is 1.72. The Labute approximate surface area is 169 Å². The van der Waals surface area contributed by atoms with Gasteiger partial charge in [0.05, 0.1) is 17.5 Å². The van der Waals surface area contributed by atoms with Crippen molar-refractivity contribution in [2.45, 2.75) is 6.18 Å². The molecule has 0 saturated carbocycles. The van der Waals surface area contributed by atoms with E-state index in [0.29, 0.717) is 22.7 Å². The summed E-state index contributed by atoms with van der Waals surface area (Å²) in [5.41, 5.74) is 1.91. The summed E-state index contributed by atoms with van der Waals surface area (Å²) in [5.74, 6) is 0.102. The molecule has 0 radical (unpaired) electrons. The summed E-state index contributed by atoms with van der Waals surface area (Å²) in [6, 6.07) is 11.9. The zero-order valence-corrected chi connectivity index (χ0v) is 15.7. The minimum atomic E-state index is -4.44. The summed E-state index contributed by atoms with van der Waals surface area (Å²) >= 11 is 0. The number of halogens is 3. The Morgan fingerprint density at radius 1 is 1.07 bits per heavy atom. The van der Waals surface area contributed by atoms with Gasteiger partial charge in [-0.3, -0.25) is 9.20 Å². The second-order valence-electron chi connectivity index (χ2n) is 6.48. The number of carbonyl (C=O) groups excluding carboxylic acids is 1. The maximum atomic E-state index is 13.0. The van der Waals surface area contributed by atoms with Crippen molar-refractivity contribution in [1.82, 2.24) is 19.7 Å². The first kappa shape index (κ1) is 19.4. The fourth-order valence-corrected chi connectivity index (χ4v) is 3.10. The lowest BCUT2D eigenvalue weighted by molar-refractivity contribution is -0.137. The number of imidazole rings is 1. The van der Waals surface area contributed by atoms with Crippen LogP contribution in [0.3, 0.4) is 0 Å². The topological polar surface area (TPSA) is 71.3 Å². The number of carbonyl (C=O) groups is 1. The normalized spacial score (nSPS) is 11.5. The van der Waals surface area contributed by atoms with Crippen molar-refractivity contribution in [2.75, 3.05) is 12.4 Å². The van der Waals surface area contributed by atoms with Gasteiger partial charge in [0.25, 0.3) is 5.91 Å². The molecule has 0 unspecified atom stereocenters. The molecular weight excluding hydrogens is 395 g/mol. The molecule has 0 atom stereocenters. The van der Waals surface area contributed by atoms with E-state index in [1.807, 2.05) is 6.07 Å². The highest BCUT2D eigenvalue weighted by atomic mass is 19.4. The van der Waals surface area contributed by atoms with E-state index in [4.69, 9.17) is 0 Å². The van der Waals surface area contributed by atoms with Gasteiger partial charge in [-0.05, 0) is 30.3 Å². The van der Waals surface area contributed by atoms with E-state index in [-0.39, 0.29) is 11.6 Å². The molecule has 0 bridgehead atoms. The van der Waals surface area contributed by atoms with Crippen molar-refractivity contribution in [2.24, 2.45) is 0 Å². The lowest BCUT2D eigenvalue weighted by atomic mass is 10.1. The fraction of sp³-hybridized carbons (Fsp3) is 0.0952. The van der Waals surface area contributed by atoms with Gasteiger partial charge in [0.15, 0.2) is 11.5 Å². The molecule has 0 aliphatic heterocycles. The van der Waals surface area contributed by atoms with Crippen molar-refractivity contribution in [3.63, 3.8) is 0 Å². The first-order chi connectivity index (χ1) is 14.4. The fourth-order valence-electron chi connectivity index (χ4n) is 3.10. The molecule has 152 valence electrons. The average Bonchev–Trinajstić information content (AvgIpc) is 3.18. The molecule has 4 aromatic rings. The van der Waals surface area contributed by atoms with Gasteiger partial charge >= 0.3 is 6.18 Å². The molecule has 9 heteroatoms. The molecule has 2 aromatic carbocycles. The van der Waals surface area contributed by atoms with Gasteiger partial charge in [-0.1, -0.05) is 18.2 Å². The second kappa shape index (κ2) is 7.51. The molecule has 30 heavy (non-hydrogen) atoms. The first-order valence-corrected chi connectivity index (χ1v) is 8.95. The molecule has 2 heterocycles. The zero-order chi connectivity index (χ0) is 21.3. The molecule has 0 aliphatic carbocycles. The van der Waals surface area contributed by atoms with Crippen LogP contribution in [-0.2, 0) is 6.18 Å². The number of nitrogens with one attached hydrogen (secondary N) is 2. The van der Waals surface area contributed by atoms with E-state index in [2.05, 4.69) is 20.6 Å². The average molecular weight is 411 g/mol. The quantitative estimate of drug-likeness (QED) is 0.518. The van der Waals surface area contributed by atoms with Gasteiger partial charge < -0.3 is 10.6 Å². The molecule has 0 fully saturated rings. The number of aromatic nitrogens is 3. The molecule has 2 aromatic heterocycles. The number of nitrogens with zero attached hydrogens (tertiary/aromatic N) is 3. The highest BCUT2D eigenvalue weighted by molar-refractivity contribution is 5.95. The van der Waals surface area contributed by atoms with Crippen LogP contribution in [0.5, 0.6) is 0 Å². The van der Waals surface area contributed by atoms with Crippen LogP contribution in [0.4, 0.5) is 24.7 Å². The summed E-state index contributed by atoms with van der Waals surface area (Å²) in [4.78, 5) is 20.5. The molecule has 0 aliphatic rings. The smallest absolute Gasteiger partial charge is 0.355 e. The lowest BCUT2D eigenvalue weighted by Crippen LogP contribution is -2.17. The van der Waals surface area contributed by atoms with Crippen LogP contribution < -0.4 is 10.6 Å². The number of anilines is 2. The van der Waals surface area contributed by atoms with Crippen LogP contribution in [0.15, 0.2) is 67.1 Å². The van der Waals surface area contributed by atoms with E-state index in [0.717, 1.165) is 17.7 Å². The van der Waals surface area contributed by atoms with Gasteiger partial charge in [-0.2, -0.15) is 13.2 Å². The van der Waals surface area contributed by atoms with E-state index in [1.54, 1.807) is 42.0 Å². The standard InChI is InChI=1S/C21H16F3N5O/c1-25-20(30)14-5-2-4-13(10-14)17-12-27-19-18(26-8-9-29(17)19)28-16-7-3-6-15(11-16)21(22,23)24/h2-12H,1H3,(H,25,30)(H,26,28). The molecule has 1 amide bonds. The summed E-state index contributed by atoms with van der Waals surface area (Å²) in [5, 5.41) is 5.49. The van der Waals surface area contributed by atoms with Crippen LogP contribution in [0.2, 0.25) is 0 Å². The van der Waals surface area contributed by atoms with Crippen LogP contribution in [0.25, 0.3) is 16.9 Å². The third-order valence-electron chi connectivity index (χ3n) is 4.53. The van der Waals surface area contributed by atoms with Crippen LogP contribution in [0.1, 0.15) is 15.9 Å². The van der Waals surface area contributed by atoms with Gasteiger partial charge in [-0.15, -0.1) is 0 Å². The van der Waals surface area contributed by atoms with E-state index < -0.39 is 11.7 Å². The predicted octanol–water partition coefficient (Wildman–Crippen LogP) is 4.52. The van der Waals surface area contributed by atoms with E-state index >= 15 is 0 Å². The number of fused-ring (bicyclic) bond motifs is 1. The van der Waals surface area contributed by atoms with Crippen molar-refractivity contribution < 1.29 is 18.0 Å². The minimum Gasteiger partial charge on any atom is -0.355 e. The Morgan fingerprint density at radius 2 is 1.87 bits per heavy atom. The Kier molecular flexibility index (Phi) is 4.86. The maximum absolute atomic E-state index is 13.0. The van der Waals surface area contributed by atoms with Crippen molar-refractivity contribution in [3.05, 3.63) is 78.2 Å². The van der Waals surface area contributed by atoms with Crippen LogP contribution >= 0.6 is 0 Å². The number of hydrogen-bond acceptors (Lipinski definition) is 4. The third kappa shape index (κ3) is 3.69. The van der Waals surface area contributed by atoms with E-state index in [9.17, 15) is 18.0 Å². The Bertz CT molecular complexity index is 1230. The van der Waals surface area contributed by atoms with Gasteiger partial charge in [0, 0.05) is 36.3 Å². The number of amides is 1. The first-order valence-electron chi connectivity index (χ1n) is 8.95. The van der Waals surface area contributed by atoms with Crippen molar-refractivity contribution in [1.29, 1.82) is 0 Å². The van der Waals surface area contributed by atoms with Crippen LogP contribution in [-0.4, -0.2) is 27.3 Å². The number of rotatable bonds is 4. The van der Waals surface area contributed by atoms with Gasteiger partial charge in [0.2, 0.25) is 0 Å². The summed E-state index contributed by atoms with van der Waals surface area (Å²) in [6.45, 7) is 0. The van der Waals surface area contributed by atoms with Gasteiger partial charge in [-0.25, -0.2) is 9.97 Å². The molecule has 0 saturated heterocycles. The van der Waals surface area contributed by atoms with Gasteiger partial charge in [0.1, 0.15) is 0 Å².